The van der Waals surface area contributed by atoms with Crippen molar-refractivity contribution in [1.29, 1.82) is 0 Å². The molecule has 1 amide bonds. The Balaban J connectivity index is 1.59. The molecule has 0 aliphatic carbocycles. The van der Waals surface area contributed by atoms with E-state index in [-0.39, 0.29) is 17.2 Å². The first-order valence-electron chi connectivity index (χ1n) is 10.7. The zero-order valence-corrected chi connectivity index (χ0v) is 19.5. The lowest BCUT2D eigenvalue weighted by Gasteiger charge is -2.15. The number of anilines is 1. The molecule has 0 aliphatic heterocycles. The summed E-state index contributed by atoms with van der Waals surface area (Å²) in [6.45, 7) is 1.97. The van der Waals surface area contributed by atoms with Gasteiger partial charge < -0.3 is 15.0 Å². The molecular formula is C26H22N4O3S. The number of carbonyl (C=O) groups excluding carboxylic acids is 1. The van der Waals surface area contributed by atoms with Crippen molar-refractivity contribution in [2.45, 2.75) is 12.1 Å². The molecule has 3 aromatic carbocycles. The Labute approximate surface area is 199 Å². The summed E-state index contributed by atoms with van der Waals surface area (Å²) in [6.07, 6.45) is 0. The predicted molar refractivity (Wildman–Crippen MR) is 136 cm³/mol. The quantitative estimate of drug-likeness (QED) is 0.272. The third-order valence-corrected chi connectivity index (χ3v) is 6.39. The van der Waals surface area contributed by atoms with E-state index in [9.17, 15) is 9.59 Å². The van der Waals surface area contributed by atoms with Gasteiger partial charge >= 0.3 is 0 Å². The van der Waals surface area contributed by atoms with Crippen molar-refractivity contribution in [2.24, 2.45) is 0 Å². The molecule has 2 aromatic heterocycles. The number of ether oxygens (including phenoxy) is 1. The van der Waals surface area contributed by atoms with Gasteiger partial charge in [0.15, 0.2) is 5.16 Å². The van der Waals surface area contributed by atoms with Gasteiger partial charge in [0.25, 0.3) is 5.56 Å². The van der Waals surface area contributed by atoms with Crippen LogP contribution in [0.3, 0.4) is 0 Å². The predicted octanol–water partition coefficient (Wildman–Crippen LogP) is 4.91. The molecule has 0 unspecified atom stereocenters. The number of hydrogen-bond acceptors (Lipinski definition) is 5. The van der Waals surface area contributed by atoms with Gasteiger partial charge in [0.05, 0.1) is 18.6 Å². The highest BCUT2D eigenvalue weighted by atomic mass is 32.2. The molecule has 0 radical (unpaired) electrons. The number of benzene rings is 3. The van der Waals surface area contributed by atoms with E-state index < -0.39 is 0 Å². The molecule has 2 heterocycles. The summed E-state index contributed by atoms with van der Waals surface area (Å²) in [5.74, 6) is 0.437. The number of aromatic nitrogens is 3. The van der Waals surface area contributed by atoms with Crippen LogP contribution in [0.1, 0.15) is 5.56 Å². The molecule has 0 fully saturated rings. The van der Waals surface area contributed by atoms with E-state index in [1.54, 1.807) is 19.2 Å². The molecule has 0 aliphatic rings. The van der Waals surface area contributed by atoms with Gasteiger partial charge in [0.1, 0.15) is 16.8 Å². The van der Waals surface area contributed by atoms with Crippen LogP contribution in [-0.4, -0.2) is 33.3 Å². The van der Waals surface area contributed by atoms with E-state index in [0.717, 1.165) is 22.2 Å². The number of nitrogens with one attached hydrogen (secondary N) is 2. The Morgan fingerprint density at radius 1 is 1.09 bits per heavy atom. The van der Waals surface area contributed by atoms with Crippen LogP contribution < -0.4 is 15.6 Å². The molecule has 5 aromatic rings. The number of rotatable bonds is 6. The lowest BCUT2D eigenvalue weighted by atomic mass is 10.2. The zero-order chi connectivity index (χ0) is 23.7. The summed E-state index contributed by atoms with van der Waals surface area (Å²) in [4.78, 5) is 34.4. The molecular weight excluding hydrogens is 448 g/mol. The van der Waals surface area contributed by atoms with Crippen molar-refractivity contribution < 1.29 is 9.53 Å². The number of nitrogens with zero attached hydrogens (tertiary/aromatic N) is 2. The smallest absolute Gasteiger partial charge is 0.283 e. The number of para-hydroxylation sites is 3. The maximum atomic E-state index is 13.7. The molecule has 170 valence electrons. The van der Waals surface area contributed by atoms with Crippen molar-refractivity contribution in [3.05, 3.63) is 88.7 Å². The fourth-order valence-electron chi connectivity index (χ4n) is 3.92. The highest BCUT2D eigenvalue weighted by Crippen LogP contribution is 2.29. The second-order valence-corrected chi connectivity index (χ2v) is 8.75. The van der Waals surface area contributed by atoms with Crippen molar-refractivity contribution in [3.8, 4) is 11.4 Å². The largest absolute Gasteiger partial charge is 0.495 e. The van der Waals surface area contributed by atoms with Gasteiger partial charge in [0, 0.05) is 16.6 Å². The highest BCUT2D eigenvalue weighted by Gasteiger charge is 2.20. The number of thioether (sulfide) groups is 1. The number of H-pyrrole nitrogens is 1. The van der Waals surface area contributed by atoms with E-state index in [1.165, 1.54) is 16.3 Å². The van der Waals surface area contributed by atoms with E-state index in [4.69, 9.17) is 9.72 Å². The Hall–Kier alpha value is -4.04. The third-order valence-electron chi connectivity index (χ3n) is 5.45. The summed E-state index contributed by atoms with van der Waals surface area (Å²) in [7, 11) is 1.56. The first-order valence-corrected chi connectivity index (χ1v) is 11.7. The van der Waals surface area contributed by atoms with Gasteiger partial charge in [-0.05, 0) is 42.8 Å². The molecule has 0 saturated carbocycles. The van der Waals surface area contributed by atoms with Crippen molar-refractivity contribution in [3.63, 3.8) is 0 Å². The molecule has 0 atom stereocenters. The monoisotopic (exact) mass is 470 g/mol. The lowest BCUT2D eigenvalue weighted by Crippen LogP contribution is -2.23. The maximum absolute atomic E-state index is 13.7. The SMILES string of the molecule is COc1ccccc1-n1c(SCC(=O)Nc2cccc(C)c2)nc2c([nH]c3ccccc32)c1=O. The number of aryl methyl sites for hydroxylation is 1. The Bertz CT molecular complexity index is 1590. The third kappa shape index (κ3) is 4.04. The highest BCUT2D eigenvalue weighted by molar-refractivity contribution is 7.99. The van der Waals surface area contributed by atoms with Crippen LogP contribution in [0.15, 0.2) is 82.7 Å². The second kappa shape index (κ2) is 9.07. The fraction of sp³-hybridized carbons (Fsp3) is 0.115. The van der Waals surface area contributed by atoms with Gasteiger partial charge in [-0.2, -0.15) is 0 Å². The molecule has 7 nitrogen and oxygen atoms in total. The first-order chi connectivity index (χ1) is 16.5. The van der Waals surface area contributed by atoms with Crippen LogP contribution in [0.5, 0.6) is 5.75 Å². The Kier molecular flexibility index (Phi) is 5.81. The van der Waals surface area contributed by atoms with Gasteiger partial charge in [-0.25, -0.2) is 9.55 Å². The van der Waals surface area contributed by atoms with Crippen LogP contribution in [0.4, 0.5) is 5.69 Å². The van der Waals surface area contributed by atoms with Crippen molar-refractivity contribution in [2.75, 3.05) is 18.2 Å². The average molecular weight is 471 g/mol. The molecule has 5 rings (SSSR count). The Morgan fingerprint density at radius 2 is 1.88 bits per heavy atom. The van der Waals surface area contributed by atoms with Crippen molar-refractivity contribution >= 4 is 45.3 Å². The number of fused-ring (bicyclic) bond motifs is 3. The van der Waals surface area contributed by atoms with Gasteiger partial charge in [-0.15, -0.1) is 0 Å². The number of methoxy groups -OCH3 is 1. The summed E-state index contributed by atoms with van der Waals surface area (Å²) in [5.41, 5.74) is 3.90. The summed E-state index contributed by atoms with van der Waals surface area (Å²) >= 11 is 1.20. The first kappa shape index (κ1) is 21.8. The second-order valence-electron chi connectivity index (χ2n) is 7.81. The van der Waals surface area contributed by atoms with Gasteiger partial charge in [-0.1, -0.05) is 54.2 Å². The van der Waals surface area contributed by atoms with Crippen LogP contribution in [0.2, 0.25) is 0 Å². The van der Waals surface area contributed by atoms with Gasteiger partial charge in [0.2, 0.25) is 5.91 Å². The van der Waals surface area contributed by atoms with Crippen molar-refractivity contribution in [1.82, 2.24) is 14.5 Å². The minimum Gasteiger partial charge on any atom is -0.495 e. The number of aromatic amines is 1. The summed E-state index contributed by atoms with van der Waals surface area (Å²) in [6, 6.07) is 22.5. The van der Waals surface area contributed by atoms with E-state index >= 15 is 0 Å². The van der Waals surface area contributed by atoms with Crippen LogP contribution in [-0.2, 0) is 4.79 Å². The topological polar surface area (TPSA) is 89.0 Å². The van der Waals surface area contributed by atoms with E-state index in [1.807, 2.05) is 67.6 Å². The molecule has 0 bridgehead atoms. The lowest BCUT2D eigenvalue weighted by molar-refractivity contribution is -0.113. The average Bonchev–Trinajstić information content (AvgIpc) is 3.22. The Morgan fingerprint density at radius 3 is 2.71 bits per heavy atom. The van der Waals surface area contributed by atoms with Crippen LogP contribution in [0.25, 0.3) is 27.6 Å². The van der Waals surface area contributed by atoms with E-state index in [2.05, 4.69) is 10.3 Å². The van der Waals surface area contributed by atoms with Crippen LogP contribution in [0, 0.1) is 6.92 Å². The molecule has 2 N–H and O–H groups in total. The molecule has 0 spiro atoms. The minimum atomic E-state index is -0.257. The number of hydrogen-bond donors (Lipinski definition) is 2. The minimum absolute atomic E-state index is 0.0867. The summed E-state index contributed by atoms with van der Waals surface area (Å²) in [5, 5.41) is 4.17. The van der Waals surface area contributed by atoms with Crippen LogP contribution >= 0.6 is 11.8 Å². The fourth-order valence-corrected chi connectivity index (χ4v) is 4.71. The molecule has 0 saturated heterocycles. The molecule has 34 heavy (non-hydrogen) atoms. The molecule has 8 heteroatoms. The standard InChI is InChI=1S/C26H22N4O3S/c1-16-8-7-9-17(14-16)27-22(31)15-34-26-29-23-18-10-3-4-11-19(18)28-24(23)25(32)30(26)20-12-5-6-13-21(20)33-2/h3-14,28H,15H2,1-2H3,(H,27,31). The maximum Gasteiger partial charge on any atom is 0.283 e. The number of carbonyl (C=O) groups is 1. The van der Waals surface area contributed by atoms with E-state index in [0.29, 0.717) is 27.6 Å². The number of amides is 1. The zero-order valence-electron chi connectivity index (χ0n) is 18.7. The normalized spacial score (nSPS) is 11.1. The van der Waals surface area contributed by atoms with Gasteiger partial charge in [-0.3, -0.25) is 9.59 Å². The summed E-state index contributed by atoms with van der Waals surface area (Å²) < 4.78 is 7.01.